The molecule has 1 aromatic heterocycles. The molecule has 1 saturated carbocycles. The predicted molar refractivity (Wildman–Crippen MR) is 54.7 cm³/mol. The van der Waals surface area contributed by atoms with Gasteiger partial charge in [-0.2, -0.15) is 0 Å². The molecular formula is C11H18N2. The fourth-order valence-corrected chi connectivity index (χ4v) is 2.33. The minimum absolute atomic E-state index is 0.761. The van der Waals surface area contributed by atoms with Gasteiger partial charge in [0.1, 0.15) is 0 Å². The van der Waals surface area contributed by atoms with Crippen LogP contribution in [0.15, 0.2) is 18.3 Å². The summed E-state index contributed by atoms with van der Waals surface area (Å²) < 4.78 is 2.43. The standard InChI is InChI=1S/C11H18N2/c12-8-7-11-6-3-9-13(11)10-4-1-2-5-10/h3,6,9-10H,1-2,4-5,7-8,12H2. The highest BCUT2D eigenvalue weighted by Crippen LogP contribution is 2.30. The highest BCUT2D eigenvalue weighted by Gasteiger charge is 2.17. The summed E-state index contributed by atoms with van der Waals surface area (Å²) in [5.74, 6) is 0. The predicted octanol–water partition coefficient (Wildman–Crippen LogP) is 2.10. The summed E-state index contributed by atoms with van der Waals surface area (Å²) in [4.78, 5) is 0. The van der Waals surface area contributed by atoms with E-state index >= 15 is 0 Å². The molecule has 72 valence electrons. The van der Waals surface area contributed by atoms with Gasteiger partial charge in [-0.25, -0.2) is 0 Å². The largest absolute Gasteiger partial charge is 0.348 e. The minimum Gasteiger partial charge on any atom is -0.348 e. The van der Waals surface area contributed by atoms with E-state index < -0.39 is 0 Å². The molecule has 13 heavy (non-hydrogen) atoms. The van der Waals surface area contributed by atoms with E-state index in [1.807, 2.05) is 0 Å². The van der Waals surface area contributed by atoms with Gasteiger partial charge in [-0.15, -0.1) is 0 Å². The number of hydrogen-bond acceptors (Lipinski definition) is 1. The molecule has 0 amide bonds. The molecule has 0 atom stereocenters. The molecule has 0 spiro atoms. The number of aromatic nitrogens is 1. The Morgan fingerprint density at radius 1 is 1.38 bits per heavy atom. The van der Waals surface area contributed by atoms with Crippen molar-refractivity contribution in [2.45, 2.75) is 38.1 Å². The molecule has 2 heteroatoms. The summed E-state index contributed by atoms with van der Waals surface area (Å²) in [5.41, 5.74) is 6.99. The second-order valence-electron chi connectivity index (χ2n) is 3.88. The van der Waals surface area contributed by atoms with Crippen LogP contribution in [0.2, 0.25) is 0 Å². The van der Waals surface area contributed by atoms with Gasteiger partial charge < -0.3 is 10.3 Å². The third-order valence-corrected chi connectivity index (χ3v) is 2.99. The normalized spacial score (nSPS) is 18.2. The fraction of sp³-hybridized carbons (Fsp3) is 0.636. The van der Waals surface area contributed by atoms with Crippen LogP contribution in [-0.4, -0.2) is 11.1 Å². The molecule has 0 saturated heterocycles. The third-order valence-electron chi connectivity index (χ3n) is 2.99. The van der Waals surface area contributed by atoms with E-state index in [1.54, 1.807) is 0 Å². The first-order valence-corrected chi connectivity index (χ1v) is 5.27. The Balaban J connectivity index is 2.13. The summed E-state index contributed by atoms with van der Waals surface area (Å²) in [6.07, 6.45) is 8.72. The lowest BCUT2D eigenvalue weighted by Gasteiger charge is -2.15. The Hall–Kier alpha value is -0.760. The second-order valence-corrected chi connectivity index (χ2v) is 3.88. The SMILES string of the molecule is NCCc1cccn1C1CCCC1. The lowest BCUT2D eigenvalue weighted by Crippen LogP contribution is -2.11. The summed E-state index contributed by atoms with van der Waals surface area (Å²) in [7, 11) is 0. The highest BCUT2D eigenvalue weighted by atomic mass is 15.0. The van der Waals surface area contributed by atoms with Gasteiger partial charge in [0.2, 0.25) is 0 Å². The Morgan fingerprint density at radius 2 is 2.15 bits per heavy atom. The van der Waals surface area contributed by atoms with Crippen LogP contribution in [0, 0.1) is 0 Å². The van der Waals surface area contributed by atoms with Crippen LogP contribution in [0.4, 0.5) is 0 Å². The molecule has 0 aromatic carbocycles. The molecule has 2 rings (SSSR count). The van der Waals surface area contributed by atoms with Crippen molar-refractivity contribution >= 4 is 0 Å². The maximum Gasteiger partial charge on any atom is 0.0333 e. The number of hydrogen-bond donors (Lipinski definition) is 1. The zero-order valence-electron chi connectivity index (χ0n) is 8.08. The van der Waals surface area contributed by atoms with Crippen molar-refractivity contribution in [3.8, 4) is 0 Å². The van der Waals surface area contributed by atoms with Gasteiger partial charge in [0.25, 0.3) is 0 Å². The molecule has 1 aromatic rings. The average molecular weight is 178 g/mol. The third kappa shape index (κ3) is 1.78. The zero-order valence-corrected chi connectivity index (χ0v) is 8.08. The molecule has 0 radical (unpaired) electrons. The molecule has 1 heterocycles. The maximum absolute atomic E-state index is 5.57. The van der Waals surface area contributed by atoms with E-state index in [4.69, 9.17) is 5.73 Å². The Morgan fingerprint density at radius 3 is 2.85 bits per heavy atom. The maximum atomic E-state index is 5.57. The molecule has 1 fully saturated rings. The van der Waals surface area contributed by atoms with E-state index in [1.165, 1.54) is 31.4 Å². The van der Waals surface area contributed by atoms with E-state index in [0.717, 1.165) is 19.0 Å². The van der Waals surface area contributed by atoms with Crippen molar-refractivity contribution in [2.75, 3.05) is 6.54 Å². The van der Waals surface area contributed by atoms with Crippen LogP contribution in [0.1, 0.15) is 37.4 Å². The summed E-state index contributed by atoms with van der Waals surface area (Å²) >= 11 is 0. The zero-order chi connectivity index (χ0) is 9.10. The van der Waals surface area contributed by atoms with Crippen LogP contribution in [0.3, 0.4) is 0 Å². The molecule has 1 aliphatic rings. The first-order chi connectivity index (χ1) is 6.42. The lowest BCUT2D eigenvalue weighted by atomic mass is 10.2. The number of nitrogens with zero attached hydrogens (tertiary/aromatic N) is 1. The summed E-state index contributed by atoms with van der Waals surface area (Å²) in [5, 5.41) is 0. The number of nitrogens with two attached hydrogens (primary N) is 1. The Labute approximate surface area is 79.7 Å². The second kappa shape index (κ2) is 3.97. The number of rotatable bonds is 3. The average Bonchev–Trinajstić information content (AvgIpc) is 2.71. The van der Waals surface area contributed by atoms with Gasteiger partial charge in [0.15, 0.2) is 0 Å². The molecule has 0 unspecified atom stereocenters. The lowest BCUT2D eigenvalue weighted by molar-refractivity contribution is 0.502. The first-order valence-electron chi connectivity index (χ1n) is 5.27. The van der Waals surface area contributed by atoms with Crippen molar-refractivity contribution < 1.29 is 0 Å². The summed E-state index contributed by atoms with van der Waals surface area (Å²) in [6, 6.07) is 5.10. The van der Waals surface area contributed by atoms with Gasteiger partial charge in [0.05, 0.1) is 0 Å². The molecule has 1 aliphatic carbocycles. The van der Waals surface area contributed by atoms with Gasteiger partial charge in [-0.05, 0) is 37.9 Å². The van der Waals surface area contributed by atoms with Crippen LogP contribution in [0.25, 0.3) is 0 Å². The highest BCUT2D eigenvalue weighted by molar-refractivity contribution is 5.09. The minimum atomic E-state index is 0.761. The van der Waals surface area contributed by atoms with E-state index in [9.17, 15) is 0 Å². The molecular weight excluding hydrogens is 160 g/mol. The fourth-order valence-electron chi connectivity index (χ4n) is 2.33. The van der Waals surface area contributed by atoms with Crippen LogP contribution in [0.5, 0.6) is 0 Å². The Kier molecular flexibility index (Phi) is 2.69. The Bertz CT molecular complexity index is 259. The van der Waals surface area contributed by atoms with Gasteiger partial charge in [0, 0.05) is 17.9 Å². The molecule has 0 bridgehead atoms. The topological polar surface area (TPSA) is 30.9 Å². The monoisotopic (exact) mass is 178 g/mol. The van der Waals surface area contributed by atoms with Crippen LogP contribution < -0.4 is 5.73 Å². The molecule has 0 aliphatic heterocycles. The van der Waals surface area contributed by atoms with Gasteiger partial charge in [-0.3, -0.25) is 0 Å². The van der Waals surface area contributed by atoms with Gasteiger partial charge >= 0.3 is 0 Å². The van der Waals surface area contributed by atoms with Crippen molar-refractivity contribution in [1.29, 1.82) is 0 Å². The first kappa shape index (κ1) is 8.82. The van der Waals surface area contributed by atoms with Crippen molar-refractivity contribution in [3.63, 3.8) is 0 Å². The van der Waals surface area contributed by atoms with Gasteiger partial charge in [-0.1, -0.05) is 12.8 Å². The van der Waals surface area contributed by atoms with Crippen molar-refractivity contribution in [2.24, 2.45) is 5.73 Å². The quantitative estimate of drug-likeness (QED) is 0.755. The molecule has 2 N–H and O–H groups in total. The van der Waals surface area contributed by atoms with E-state index in [0.29, 0.717) is 0 Å². The van der Waals surface area contributed by atoms with Crippen molar-refractivity contribution in [3.05, 3.63) is 24.0 Å². The molecule has 2 nitrogen and oxygen atoms in total. The summed E-state index contributed by atoms with van der Waals surface area (Å²) in [6.45, 7) is 0.761. The smallest absolute Gasteiger partial charge is 0.0333 e. The van der Waals surface area contributed by atoms with E-state index in [2.05, 4.69) is 22.9 Å². The van der Waals surface area contributed by atoms with Crippen molar-refractivity contribution in [1.82, 2.24) is 4.57 Å². The van der Waals surface area contributed by atoms with Crippen LogP contribution >= 0.6 is 0 Å². The van der Waals surface area contributed by atoms with E-state index in [-0.39, 0.29) is 0 Å². The van der Waals surface area contributed by atoms with Crippen LogP contribution in [-0.2, 0) is 6.42 Å².